The zero-order valence-electron chi connectivity index (χ0n) is 21.7. The highest BCUT2D eigenvalue weighted by Crippen LogP contribution is 2.14. The third kappa shape index (κ3) is 29.9. The van der Waals surface area contributed by atoms with E-state index in [9.17, 15) is 0 Å². The molecule has 0 heterocycles. The van der Waals surface area contributed by atoms with Crippen molar-refractivity contribution in [3.63, 3.8) is 0 Å². The second kappa shape index (κ2) is 29.9. The molecular weight excluding hydrogens is 378 g/mol. The van der Waals surface area contributed by atoms with Gasteiger partial charge in [-0.25, -0.2) is 0 Å². The third-order valence-corrected chi connectivity index (χ3v) is 6.72. The van der Waals surface area contributed by atoms with Crippen LogP contribution < -0.4 is 5.32 Å². The van der Waals surface area contributed by atoms with Crippen molar-refractivity contribution in [1.29, 1.82) is 0 Å². The topological polar surface area (TPSA) is 32.3 Å². The van der Waals surface area contributed by atoms with E-state index in [1.54, 1.807) is 0 Å². The number of hydrogen-bond donors (Lipinski definition) is 2. The summed E-state index contributed by atoms with van der Waals surface area (Å²) in [6, 6.07) is 0. The Bertz CT molecular complexity index is 266. The minimum atomic E-state index is 0.373. The molecule has 0 rings (SSSR count). The van der Waals surface area contributed by atoms with Gasteiger partial charge in [0.05, 0.1) is 0 Å². The fourth-order valence-corrected chi connectivity index (χ4v) is 4.52. The second-order valence-electron chi connectivity index (χ2n) is 9.96. The van der Waals surface area contributed by atoms with Crippen LogP contribution in [0, 0.1) is 0 Å². The monoisotopic (exact) mass is 439 g/mol. The first-order chi connectivity index (χ1) is 15.4. The Morgan fingerprint density at radius 1 is 0.355 bits per heavy atom. The molecule has 188 valence electrons. The van der Waals surface area contributed by atoms with Gasteiger partial charge >= 0.3 is 0 Å². The number of nitrogens with one attached hydrogen (secondary N) is 1. The van der Waals surface area contributed by atoms with Crippen molar-refractivity contribution in [3.8, 4) is 0 Å². The zero-order valence-corrected chi connectivity index (χ0v) is 21.7. The summed E-state index contributed by atoms with van der Waals surface area (Å²) in [7, 11) is 0. The lowest BCUT2D eigenvalue weighted by atomic mass is 10.0. The molecule has 0 aromatic carbocycles. The fourth-order valence-electron chi connectivity index (χ4n) is 4.52. The van der Waals surface area contributed by atoms with Crippen molar-refractivity contribution in [3.05, 3.63) is 0 Å². The fraction of sp³-hybridized carbons (Fsp3) is 1.00. The summed E-state index contributed by atoms with van der Waals surface area (Å²) in [6.45, 7) is 5.13. The van der Waals surface area contributed by atoms with Crippen LogP contribution in [0.4, 0.5) is 0 Å². The molecule has 31 heavy (non-hydrogen) atoms. The van der Waals surface area contributed by atoms with Gasteiger partial charge in [0.1, 0.15) is 0 Å². The molecule has 0 bridgehead atoms. The SMILES string of the molecule is CCCCCCCNCCCCCCCCCCCCCCCCCCCCCCO. The number of aliphatic hydroxyl groups excluding tert-OH is 1. The first-order valence-electron chi connectivity index (χ1n) is 14.7. The molecule has 0 aliphatic rings. The lowest BCUT2D eigenvalue weighted by molar-refractivity contribution is 0.282. The van der Waals surface area contributed by atoms with Gasteiger partial charge in [-0.15, -0.1) is 0 Å². The Morgan fingerprint density at radius 3 is 0.903 bits per heavy atom. The summed E-state index contributed by atoms with van der Waals surface area (Å²) in [4.78, 5) is 0. The number of aliphatic hydroxyl groups is 1. The minimum Gasteiger partial charge on any atom is -0.396 e. The first kappa shape index (κ1) is 30.9. The van der Waals surface area contributed by atoms with Crippen molar-refractivity contribution in [2.24, 2.45) is 0 Å². The summed E-state index contributed by atoms with van der Waals surface area (Å²) in [6.07, 6.45) is 35.0. The molecule has 0 spiro atoms. The number of hydrogen-bond acceptors (Lipinski definition) is 2. The van der Waals surface area contributed by atoms with Gasteiger partial charge in [0.25, 0.3) is 0 Å². The molecule has 0 atom stereocenters. The van der Waals surface area contributed by atoms with Crippen LogP contribution in [0.2, 0.25) is 0 Å². The minimum absolute atomic E-state index is 0.373. The molecule has 0 saturated carbocycles. The Labute approximate surface area is 197 Å². The summed E-state index contributed by atoms with van der Waals surface area (Å²) >= 11 is 0. The maximum atomic E-state index is 8.76. The van der Waals surface area contributed by atoms with Crippen molar-refractivity contribution in [2.45, 2.75) is 167 Å². The van der Waals surface area contributed by atoms with Crippen LogP contribution in [0.1, 0.15) is 167 Å². The first-order valence-corrected chi connectivity index (χ1v) is 14.7. The van der Waals surface area contributed by atoms with E-state index in [2.05, 4.69) is 12.2 Å². The van der Waals surface area contributed by atoms with Crippen LogP contribution in [-0.2, 0) is 0 Å². The van der Waals surface area contributed by atoms with Gasteiger partial charge in [-0.05, 0) is 32.4 Å². The van der Waals surface area contributed by atoms with E-state index >= 15 is 0 Å². The molecule has 2 N–H and O–H groups in total. The summed E-state index contributed by atoms with van der Waals surface area (Å²) in [5, 5.41) is 12.4. The van der Waals surface area contributed by atoms with Gasteiger partial charge in [-0.3, -0.25) is 0 Å². The van der Waals surface area contributed by atoms with Crippen LogP contribution in [-0.4, -0.2) is 24.8 Å². The molecule has 2 heteroatoms. The molecule has 0 aromatic rings. The molecule has 0 aliphatic carbocycles. The number of rotatable bonds is 28. The van der Waals surface area contributed by atoms with Crippen LogP contribution in [0.3, 0.4) is 0 Å². The Hall–Kier alpha value is -0.0800. The Balaban J connectivity index is 2.98. The van der Waals surface area contributed by atoms with Gasteiger partial charge < -0.3 is 10.4 Å². The van der Waals surface area contributed by atoms with Gasteiger partial charge in [0.2, 0.25) is 0 Å². The average molecular weight is 440 g/mol. The van der Waals surface area contributed by atoms with Gasteiger partial charge in [-0.1, -0.05) is 148 Å². The highest BCUT2D eigenvalue weighted by atomic mass is 16.2. The van der Waals surface area contributed by atoms with E-state index < -0.39 is 0 Å². The van der Waals surface area contributed by atoms with Crippen LogP contribution in [0.25, 0.3) is 0 Å². The van der Waals surface area contributed by atoms with E-state index in [0.29, 0.717) is 6.61 Å². The summed E-state index contributed by atoms with van der Waals surface area (Å²) in [5.41, 5.74) is 0. The molecule has 0 aromatic heterocycles. The summed E-state index contributed by atoms with van der Waals surface area (Å²) < 4.78 is 0. The van der Waals surface area contributed by atoms with Gasteiger partial charge in [0.15, 0.2) is 0 Å². The smallest absolute Gasteiger partial charge is 0.0431 e. The molecule has 0 radical (unpaired) electrons. The maximum Gasteiger partial charge on any atom is 0.0431 e. The lowest BCUT2D eigenvalue weighted by Crippen LogP contribution is -2.16. The highest BCUT2D eigenvalue weighted by Gasteiger charge is 1.96. The predicted octanol–water partition coefficient (Wildman–Crippen LogP) is 9.34. The Morgan fingerprint density at radius 2 is 0.613 bits per heavy atom. The largest absolute Gasteiger partial charge is 0.396 e. The molecule has 0 saturated heterocycles. The lowest BCUT2D eigenvalue weighted by Gasteiger charge is -2.05. The third-order valence-electron chi connectivity index (χ3n) is 6.72. The molecular formula is C29H61NO. The molecule has 2 nitrogen and oxygen atoms in total. The highest BCUT2D eigenvalue weighted by molar-refractivity contribution is 4.53. The van der Waals surface area contributed by atoms with Crippen molar-refractivity contribution < 1.29 is 5.11 Å². The standard InChI is InChI=1S/C29H61NO/c1-2-3-4-21-24-27-30-28-25-22-19-17-15-13-11-9-7-5-6-8-10-12-14-16-18-20-23-26-29-31/h30-31H,2-29H2,1H3. The van der Waals surface area contributed by atoms with Crippen LogP contribution >= 0.6 is 0 Å². The van der Waals surface area contributed by atoms with Crippen molar-refractivity contribution in [1.82, 2.24) is 5.32 Å². The zero-order chi connectivity index (χ0) is 22.5. The van der Waals surface area contributed by atoms with E-state index in [4.69, 9.17) is 5.11 Å². The molecule has 0 fully saturated rings. The van der Waals surface area contributed by atoms with Gasteiger partial charge in [0, 0.05) is 6.61 Å². The quantitative estimate of drug-likeness (QED) is 0.119. The van der Waals surface area contributed by atoms with Crippen molar-refractivity contribution >= 4 is 0 Å². The molecule has 0 unspecified atom stereocenters. The molecule has 0 amide bonds. The van der Waals surface area contributed by atoms with E-state index in [1.807, 2.05) is 0 Å². The van der Waals surface area contributed by atoms with Crippen molar-refractivity contribution in [2.75, 3.05) is 19.7 Å². The molecule has 0 aliphatic heterocycles. The Kier molecular flexibility index (Phi) is 29.8. The van der Waals surface area contributed by atoms with E-state index in [0.717, 1.165) is 6.42 Å². The second-order valence-corrected chi connectivity index (χ2v) is 9.96. The van der Waals surface area contributed by atoms with Crippen LogP contribution in [0.5, 0.6) is 0 Å². The number of unbranched alkanes of at least 4 members (excludes halogenated alkanes) is 23. The van der Waals surface area contributed by atoms with Gasteiger partial charge in [-0.2, -0.15) is 0 Å². The van der Waals surface area contributed by atoms with Crippen LogP contribution in [0.15, 0.2) is 0 Å². The predicted molar refractivity (Wildman–Crippen MR) is 141 cm³/mol. The van der Waals surface area contributed by atoms with E-state index in [-0.39, 0.29) is 0 Å². The average Bonchev–Trinajstić information content (AvgIpc) is 2.78. The van der Waals surface area contributed by atoms with E-state index in [1.165, 1.54) is 167 Å². The summed E-state index contributed by atoms with van der Waals surface area (Å²) in [5.74, 6) is 0. The normalized spacial score (nSPS) is 11.4. The maximum absolute atomic E-state index is 8.76.